The van der Waals surface area contributed by atoms with Gasteiger partial charge in [0.25, 0.3) is 0 Å². The first-order valence-electron chi connectivity index (χ1n) is 5.85. The minimum absolute atomic E-state index is 0.659. The third kappa shape index (κ3) is 1.99. The average Bonchev–Trinajstić information content (AvgIpc) is 2.90. The van der Waals surface area contributed by atoms with E-state index in [1.54, 1.807) is 18.7 Å². The van der Waals surface area contributed by atoms with Crippen LogP contribution in [0.3, 0.4) is 0 Å². The minimum Gasteiger partial charge on any atom is -0.493 e. The van der Waals surface area contributed by atoms with Crippen LogP contribution in [-0.4, -0.2) is 28.8 Å². The van der Waals surface area contributed by atoms with Crippen LogP contribution < -0.4 is 9.47 Å². The summed E-state index contributed by atoms with van der Waals surface area (Å²) in [6.45, 7) is 0. The van der Waals surface area contributed by atoms with Gasteiger partial charge in [0.15, 0.2) is 23.0 Å². The van der Waals surface area contributed by atoms with Gasteiger partial charge in [-0.15, -0.1) is 5.10 Å². The molecule has 0 spiro atoms. The first kappa shape index (κ1) is 11.5. The summed E-state index contributed by atoms with van der Waals surface area (Å²) in [6, 6.07) is 11.4. The van der Waals surface area contributed by atoms with Crippen molar-refractivity contribution in [2.75, 3.05) is 14.2 Å². The highest BCUT2D eigenvalue weighted by Crippen LogP contribution is 2.31. The summed E-state index contributed by atoms with van der Waals surface area (Å²) in [7, 11) is 3.22. The van der Waals surface area contributed by atoms with Crippen LogP contribution in [0.1, 0.15) is 0 Å². The first-order chi connectivity index (χ1) is 9.31. The summed E-state index contributed by atoms with van der Waals surface area (Å²) in [5, 5.41) is 4.42. The lowest BCUT2D eigenvalue weighted by Gasteiger charge is -2.07. The van der Waals surface area contributed by atoms with Gasteiger partial charge in [-0.05, 0) is 30.3 Å². The van der Waals surface area contributed by atoms with E-state index in [2.05, 4.69) is 10.1 Å². The van der Waals surface area contributed by atoms with Crippen LogP contribution in [0.4, 0.5) is 0 Å². The van der Waals surface area contributed by atoms with E-state index in [9.17, 15) is 0 Å². The molecule has 0 N–H and O–H groups in total. The van der Waals surface area contributed by atoms with E-state index in [-0.39, 0.29) is 0 Å². The molecule has 5 nitrogen and oxygen atoms in total. The quantitative estimate of drug-likeness (QED) is 0.721. The second-order valence-electron chi connectivity index (χ2n) is 4.01. The number of benzene rings is 1. The molecular formula is C14H13N3O2. The Morgan fingerprint density at radius 2 is 1.84 bits per heavy atom. The molecule has 3 aromatic rings. The SMILES string of the molecule is COc1ccc(-c2nc3ccccn3n2)cc1OC. The molecule has 0 saturated heterocycles. The molecule has 2 aromatic heterocycles. The van der Waals surface area contributed by atoms with Crippen LogP contribution in [-0.2, 0) is 0 Å². The zero-order valence-corrected chi connectivity index (χ0v) is 10.7. The molecule has 0 aliphatic carbocycles. The lowest BCUT2D eigenvalue weighted by molar-refractivity contribution is 0.355. The number of nitrogens with zero attached hydrogens (tertiary/aromatic N) is 3. The van der Waals surface area contributed by atoms with Gasteiger partial charge in [0.2, 0.25) is 0 Å². The van der Waals surface area contributed by atoms with Gasteiger partial charge in [0.05, 0.1) is 14.2 Å². The number of methoxy groups -OCH3 is 2. The van der Waals surface area contributed by atoms with Crippen LogP contribution >= 0.6 is 0 Å². The molecule has 19 heavy (non-hydrogen) atoms. The third-order valence-electron chi connectivity index (χ3n) is 2.88. The zero-order chi connectivity index (χ0) is 13.2. The molecule has 0 fully saturated rings. The molecule has 0 unspecified atom stereocenters. The normalized spacial score (nSPS) is 10.6. The van der Waals surface area contributed by atoms with E-state index in [4.69, 9.17) is 9.47 Å². The summed E-state index contributed by atoms with van der Waals surface area (Å²) in [6.07, 6.45) is 1.87. The van der Waals surface area contributed by atoms with Crippen molar-refractivity contribution < 1.29 is 9.47 Å². The van der Waals surface area contributed by atoms with Crippen molar-refractivity contribution in [3.63, 3.8) is 0 Å². The Balaban J connectivity index is 2.10. The number of aromatic nitrogens is 3. The number of fused-ring (bicyclic) bond motifs is 1. The van der Waals surface area contributed by atoms with Crippen LogP contribution in [0.15, 0.2) is 42.6 Å². The van der Waals surface area contributed by atoms with E-state index in [1.807, 2.05) is 42.6 Å². The lowest BCUT2D eigenvalue weighted by Crippen LogP contribution is -1.91. The topological polar surface area (TPSA) is 48.7 Å². The van der Waals surface area contributed by atoms with E-state index >= 15 is 0 Å². The number of pyridine rings is 1. The fourth-order valence-corrected chi connectivity index (χ4v) is 1.93. The molecule has 0 saturated carbocycles. The summed E-state index contributed by atoms with van der Waals surface area (Å²) >= 11 is 0. The summed E-state index contributed by atoms with van der Waals surface area (Å²) < 4.78 is 12.2. The Labute approximate surface area is 110 Å². The number of hydrogen-bond donors (Lipinski definition) is 0. The van der Waals surface area contributed by atoms with Gasteiger partial charge >= 0.3 is 0 Å². The molecule has 0 radical (unpaired) electrons. The molecule has 3 rings (SSSR count). The molecule has 0 bridgehead atoms. The second-order valence-corrected chi connectivity index (χ2v) is 4.01. The highest BCUT2D eigenvalue weighted by Gasteiger charge is 2.10. The van der Waals surface area contributed by atoms with E-state index in [0.717, 1.165) is 11.2 Å². The van der Waals surface area contributed by atoms with Crippen molar-refractivity contribution in [3.05, 3.63) is 42.6 Å². The van der Waals surface area contributed by atoms with E-state index < -0.39 is 0 Å². The highest BCUT2D eigenvalue weighted by atomic mass is 16.5. The van der Waals surface area contributed by atoms with Crippen molar-refractivity contribution in [2.45, 2.75) is 0 Å². The van der Waals surface area contributed by atoms with Crippen molar-refractivity contribution >= 4 is 5.65 Å². The molecule has 5 heteroatoms. The van der Waals surface area contributed by atoms with E-state index in [0.29, 0.717) is 17.3 Å². The fraction of sp³-hybridized carbons (Fsp3) is 0.143. The van der Waals surface area contributed by atoms with Crippen molar-refractivity contribution in [2.24, 2.45) is 0 Å². The van der Waals surface area contributed by atoms with E-state index in [1.165, 1.54) is 0 Å². The first-order valence-corrected chi connectivity index (χ1v) is 5.85. The molecule has 0 aliphatic heterocycles. The van der Waals surface area contributed by atoms with Crippen LogP contribution in [0.2, 0.25) is 0 Å². The molecular weight excluding hydrogens is 242 g/mol. The molecule has 96 valence electrons. The molecule has 0 amide bonds. The maximum atomic E-state index is 5.29. The van der Waals surface area contributed by atoms with Gasteiger partial charge < -0.3 is 9.47 Å². The van der Waals surface area contributed by atoms with Crippen LogP contribution in [0, 0.1) is 0 Å². The molecule has 0 aliphatic rings. The number of hydrogen-bond acceptors (Lipinski definition) is 4. The zero-order valence-electron chi connectivity index (χ0n) is 10.7. The van der Waals surface area contributed by atoms with Gasteiger partial charge in [0.1, 0.15) is 0 Å². The Morgan fingerprint density at radius 3 is 2.58 bits per heavy atom. The smallest absolute Gasteiger partial charge is 0.182 e. The van der Waals surface area contributed by atoms with Crippen molar-refractivity contribution in [1.82, 2.24) is 14.6 Å². The Kier molecular flexibility index (Phi) is 2.79. The van der Waals surface area contributed by atoms with Gasteiger partial charge in [0, 0.05) is 11.8 Å². The highest BCUT2D eigenvalue weighted by molar-refractivity contribution is 5.62. The summed E-state index contributed by atoms with van der Waals surface area (Å²) in [4.78, 5) is 4.47. The fourth-order valence-electron chi connectivity index (χ4n) is 1.93. The second kappa shape index (κ2) is 4.61. The third-order valence-corrected chi connectivity index (χ3v) is 2.88. The van der Waals surface area contributed by atoms with Crippen molar-refractivity contribution in [1.29, 1.82) is 0 Å². The van der Waals surface area contributed by atoms with Gasteiger partial charge in [-0.3, -0.25) is 0 Å². The molecule has 2 heterocycles. The predicted molar refractivity (Wildman–Crippen MR) is 71.5 cm³/mol. The molecule has 0 atom stereocenters. The molecule has 1 aromatic carbocycles. The van der Waals surface area contributed by atoms with Crippen LogP contribution in [0.5, 0.6) is 11.5 Å². The van der Waals surface area contributed by atoms with Crippen molar-refractivity contribution in [3.8, 4) is 22.9 Å². The lowest BCUT2D eigenvalue weighted by atomic mass is 10.2. The van der Waals surface area contributed by atoms with Gasteiger partial charge in [-0.1, -0.05) is 6.07 Å². The Hall–Kier alpha value is -2.56. The summed E-state index contributed by atoms with van der Waals surface area (Å²) in [5.41, 5.74) is 1.70. The maximum Gasteiger partial charge on any atom is 0.182 e. The minimum atomic E-state index is 0.659. The largest absolute Gasteiger partial charge is 0.493 e. The Morgan fingerprint density at radius 1 is 1.00 bits per heavy atom. The Bertz CT molecular complexity index is 689. The van der Waals surface area contributed by atoms with Gasteiger partial charge in [-0.2, -0.15) is 0 Å². The maximum absolute atomic E-state index is 5.29. The monoisotopic (exact) mass is 255 g/mol. The standard InChI is InChI=1S/C14H13N3O2/c1-18-11-7-6-10(9-12(11)19-2)14-15-13-5-3-4-8-17(13)16-14/h3-9H,1-2H3. The van der Waals surface area contributed by atoms with Gasteiger partial charge in [-0.25, -0.2) is 9.50 Å². The average molecular weight is 255 g/mol. The number of ether oxygens (including phenoxy) is 2. The predicted octanol–water partition coefficient (Wildman–Crippen LogP) is 2.41. The number of rotatable bonds is 3. The van der Waals surface area contributed by atoms with Crippen LogP contribution in [0.25, 0.3) is 17.0 Å². The summed E-state index contributed by atoms with van der Waals surface area (Å²) in [5.74, 6) is 2.01.